The minimum Gasteiger partial charge on any atom is -0.493 e. The topological polar surface area (TPSA) is 77.4 Å². The minimum absolute atomic E-state index is 0. The lowest BCUT2D eigenvalue weighted by molar-refractivity contribution is 0.0937. The lowest BCUT2D eigenvalue weighted by Gasteiger charge is -2.22. The molecule has 2 atom stereocenters. The molecule has 1 aromatic carbocycles. The van der Waals surface area contributed by atoms with E-state index in [4.69, 9.17) is 9.47 Å². The van der Waals surface area contributed by atoms with E-state index in [9.17, 15) is 4.79 Å². The van der Waals surface area contributed by atoms with Crippen LogP contribution < -0.4 is 20.1 Å². The van der Waals surface area contributed by atoms with Gasteiger partial charge in [-0.1, -0.05) is 19.1 Å². The number of piperidine rings is 1. The highest BCUT2D eigenvalue weighted by Gasteiger charge is 2.18. The van der Waals surface area contributed by atoms with Gasteiger partial charge >= 0.3 is 0 Å². The quantitative estimate of drug-likeness (QED) is 0.702. The first kappa shape index (κ1) is 22.0. The second-order valence-electron chi connectivity index (χ2n) is 6.96. The molecule has 28 heavy (non-hydrogen) atoms. The van der Waals surface area contributed by atoms with Crippen molar-refractivity contribution < 1.29 is 14.3 Å². The minimum atomic E-state index is -0.151. The van der Waals surface area contributed by atoms with E-state index in [1.54, 1.807) is 13.2 Å². The summed E-state index contributed by atoms with van der Waals surface area (Å²) in [7, 11) is 1.62. The van der Waals surface area contributed by atoms with Crippen LogP contribution in [0.3, 0.4) is 0 Å². The van der Waals surface area contributed by atoms with Crippen molar-refractivity contribution in [2.45, 2.75) is 25.8 Å². The van der Waals surface area contributed by atoms with Crippen molar-refractivity contribution in [2.75, 3.05) is 33.4 Å². The Morgan fingerprint density at radius 1 is 1.36 bits per heavy atom. The van der Waals surface area contributed by atoms with E-state index in [-0.39, 0.29) is 24.2 Å². The average molecular weight is 409 g/mol. The molecule has 1 fully saturated rings. The summed E-state index contributed by atoms with van der Waals surface area (Å²) in [4.78, 5) is 12.4. The van der Waals surface area contributed by atoms with Crippen molar-refractivity contribution in [3.8, 4) is 11.5 Å². The molecule has 1 amide bonds. The average Bonchev–Trinajstić information content (AvgIpc) is 3.21. The van der Waals surface area contributed by atoms with E-state index in [0.29, 0.717) is 36.4 Å². The number of rotatable bonds is 8. The summed E-state index contributed by atoms with van der Waals surface area (Å²) in [6.45, 7) is 5.00. The van der Waals surface area contributed by atoms with E-state index >= 15 is 0 Å². The molecule has 1 aromatic heterocycles. The summed E-state index contributed by atoms with van der Waals surface area (Å²) in [5.41, 5.74) is 0.457. The zero-order chi connectivity index (χ0) is 19.1. The third kappa shape index (κ3) is 5.87. The summed E-state index contributed by atoms with van der Waals surface area (Å²) in [6.07, 6.45) is 4.11. The van der Waals surface area contributed by atoms with Gasteiger partial charge in [-0.05, 0) is 37.6 Å². The number of ether oxygens (including phenoxy) is 2. The highest BCUT2D eigenvalue weighted by atomic mass is 35.5. The molecular formula is C20H29ClN4O3. The Labute approximate surface area is 172 Å². The molecule has 8 heteroatoms. The Morgan fingerprint density at radius 3 is 2.86 bits per heavy atom. The van der Waals surface area contributed by atoms with Crippen molar-refractivity contribution in [1.29, 1.82) is 0 Å². The van der Waals surface area contributed by atoms with Crippen molar-refractivity contribution >= 4 is 18.3 Å². The van der Waals surface area contributed by atoms with Crippen LogP contribution in [0.5, 0.6) is 11.5 Å². The monoisotopic (exact) mass is 408 g/mol. The SMILES string of the molecule is COc1ccccc1OCC(C)CNC(=O)c1ccn(C2CCCNC2)n1.Cl. The van der Waals surface area contributed by atoms with Crippen LogP contribution in [0.15, 0.2) is 36.5 Å². The van der Waals surface area contributed by atoms with Gasteiger partial charge in [0.1, 0.15) is 5.69 Å². The van der Waals surface area contributed by atoms with Crippen molar-refractivity contribution in [3.05, 3.63) is 42.2 Å². The maximum atomic E-state index is 12.4. The van der Waals surface area contributed by atoms with Crippen molar-refractivity contribution in [1.82, 2.24) is 20.4 Å². The molecule has 1 saturated heterocycles. The van der Waals surface area contributed by atoms with Gasteiger partial charge in [0, 0.05) is 25.2 Å². The van der Waals surface area contributed by atoms with Crippen LogP contribution in [0.2, 0.25) is 0 Å². The third-order valence-corrected chi connectivity index (χ3v) is 4.69. The van der Waals surface area contributed by atoms with Gasteiger partial charge in [-0.25, -0.2) is 0 Å². The first-order chi connectivity index (χ1) is 13.2. The highest BCUT2D eigenvalue weighted by molar-refractivity contribution is 5.92. The summed E-state index contributed by atoms with van der Waals surface area (Å²) in [5.74, 6) is 1.42. The van der Waals surface area contributed by atoms with Gasteiger partial charge in [-0.2, -0.15) is 5.10 Å². The fourth-order valence-corrected chi connectivity index (χ4v) is 3.11. The molecule has 1 aliphatic heterocycles. The smallest absolute Gasteiger partial charge is 0.271 e. The molecule has 2 aromatic rings. The van der Waals surface area contributed by atoms with Gasteiger partial charge in [0.05, 0.1) is 19.8 Å². The Balaban J connectivity index is 0.00000280. The van der Waals surface area contributed by atoms with E-state index < -0.39 is 0 Å². The van der Waals surface area contributed by atoms with Gasteiger partial charge < -0.3 is 20.1 Å². The number of amides is 1. The van der Waals surface area contributed by atoms with Gasteiger partial charge in [0.15, 0.2) is 11.5 Å². The number of hydrogen-bond acceptors (Lipinski definition) is 5. The molecule has 154 valence electrons. The molecule has 0 saturated carbocycles. The first-order valence-electron chi connectivity index (χ1n) is 9.47. The second-order valence-corrected chi connectivity index (χ2v) is 6.96. The molecular weight excluding hydrogens is 380 g/mol. The Hall–Kier alpha value is -2.25. The molecule has 1 aliphatic rings. The van der Waals surface area contributed by atoms with E-state index in [1.807, 2.05) is 42.1 Å². The first-order valence-corrected chi connectivity index (χ1v) is 9.47. The fraction of sp³-hybridized carbons (Fsp3) is 0.500. The molecule has 3 rings (SSSR count). The number of nitrogens with one attached hydrogen (secondary N) is 2. The normalized spacial score (nSPS) is 17.3. The van der Waals surface area contributed by atoms with Crippen LogP contribution in [0.1, 0.15) is 36.3 Å². The molecule has 0 bridgehead atoms. The third-order valence-electron chi connectivity index (χ3n) is 4.69. The van der Waals surface area contributed by atoms with Crippen LogP contribution in [-0.4, -0.2) is 49.0 Å². The van der Waals surface area contributed by atoms with Crippen molar-refractivity contribution in [3.63, 3.8) is 0 Å². The van der Waals surface area contributed by atoms with Gasteiger partial charge in [0.25, 0.3) is 5.91 Å². The number of hydrogen-bond donors (Lipinski definition) is 2. The molecule has 2 unspecified atom stereocenters. The van der Waals surface area contributed by atoms with Crippen LogP contribution in [-0.2, 0) is 0 Å². The predicted octanol–water partition coefficient (Wildman–Crippen LogP) is 2.68. The van der Waals surface area contributed by atoms with E-state index in [2.05, 4.69) is 15.7 Å². The molecule has 0 spiro atoms. The van der Waals surface area contributed by atoms with E-state index in [1.165, 1.54) is 0 Å². The van der Waals surface area contributed by atoms with Gasteiger partial charge in [-0.15, -0.1) is 12.4 Å². The van der Waals surface area contributed by atoms with E-state index in [0.717, 1.165) is 25.9 Å². The number of methoxy groups -OCH3 is 1. The van der Waals surface area contributed by atoms with Gasteiger partial charge in [0.2, 0.25) is 0 Å². The summed E-state index contributed by atoms with van der Waals surface area (Å²) >= 11 is 0. The number of halogens is 1. The Morgan fingerprint density at radius 2 is 2.14 bits per heavy atom. The number of nitrogens with zero attached hydrogens (tertiary/aromatic N) is 2. The zero-order valence-corrected chi connectivity index (χ0v) is 17.2. The van der Waals surface area contributed by atoms with Crippen molar-refractivity contribution in [2.24, 2.45) is 5.92 Å². The number of aromatic nitrogens is 2. The van der Waals surface area contributed by atoms with Crippen LogP contribution in [0.25, 0.3) is 0 Å². The number of benzene rings is 1. The highest BCUT2D eigenvalue weighted by Crippen LogP contribution is 2.26. The largest absolute Gasteiger partial charge is 0.493 e. The molecule has 2 heterocycles. The van der Waals surface area contributed by atoms with Crippen LogP contribution in [0.4, 0.5) is 0 Å². The molecule has 7 nitrogen and oxygen atoms in total. The van der Waals surface area contributed by atoms with Crippen LogP contribution in [0, 0.1) is 5.92 Å². The number of carbonyl (C=O) groups excluding carboxylic acids is 1. The predicted molar refractivity (Wildman–Crippen MR) is 111 cm³/mol. The number of carbonyl (C=O) groups is 1. The summed E-state index contributed by atoms with van der Waals surface area (Å²) < 4.78 is 13.0. The Kier molecular flexibility index (Phi) is 8.60. The van der Waals surface area contributed by atoms with Gasteiger partial charge in [-0.3, -0.25) is 9.48 Å². The molecule has 0 aliphatic carbocycles. The Bertz CT molecular complexity index is 747. The fourth-order valence-electron chi connectivity index (χ4n) is 3.11. The summed E-state index contributed by atoms with van der Waals surface area (Å²) in [5, 5.41) is 10.7. The zero-order valence-electron chi connectivity index (χ0n) is 16.4. The maximum Gasteiger partial charge on any atom is 0.271 e. The lowest BCUT2D eigenvalue weighted by atomic mass is 10.1. The standard InChI is InChI=1S/C20H28N4O3.ClH/c1-15(14-27-19-8-4-3-7-18(19)26-2)12-22-20(25)17-9-11-24(23-17)16-6-5-10-21-13-16;/h3-4,7-9,11,15-16,21H,5-6,10,12-14H2,1-2H3,(H,22,25);1H. The second kappa shape index (κ2) is 10.9. The summed E-state index contributed by atoms with van der Waals surface area (Å²) in [6, 6.07) is 9.64. The maximum absolute atomic E-state index is 12.4. The van der Waals surface area contributed by atoms with Crippen LogP contribution >= 0.6 is 12.4 Å². The molecule has 0 radical (unpaired) electrons. The number of para-hydroxylation sites is 2. The lowest BCUT2D eigenvalue weighted by Crippen LogP contribution is -2.33. The molecule has 2 N–H and O–H groups in total.